The number of fused-ring (bicyclic) bond motifs is 1. The standard InChI is InChI=1S/C19H26N2O3S/c1-13-4-2-3-5-16(13)18-17-11-20-10-15(17)12-21(18)19(22)14-6-8-25(23,24)9-7-14/h2-5,14-15,17-18,20H,6-12H2,1H3/t15-,17-,18+/m0/s1. The van der Waals surface area contributed by atoms with E-state index >= 15 is 0 Å². The van der Waals surface area contributed by atoms with Crippen molar-refractivity contribution in [2.24, 2.45) is 17.8 Å². The molecular weight excluding hydrogens is 336 g/mol. The van der Waals surface area contributed by atoms with Crippen LogP contribution in [-0.4, -0.2) is 50.4 Å². The molecule has 0 aliphatic carbocycles. The van der Waals surface area contributed by atoms with Gasteiger partial charge in [-0.1, -0.05) is 24.3 Å². The summed E-state index contributed by atoms with van der Waals surface area (Å²) in [5, 5.41) is 3.48. The smallest absolute Gasteiger partial charge is 0.226 e. The van der Waals surface area contributed by atoms with Gasteiger partial charge in [0.2, 0.25) is 5.91 Å². The summed E-state index contributed by atoms with van der Waals surface area (Å²) in [6.45, 7) is 4.82. The number of nitrogens with zero attached hydrogens (tertiary/aromatic N) is 1. The number of carbonyl (C=O) groups is 1. The van der Waals surface area contributed by atoms with E-state index in [4.69, 9.17) is 0 Å². The maximum absolute atomic E-state index is 13.2. The molecule has 1 amide bonds. The number of benzene rings is 1. The van der Waals surface area contributed by atoms with Crippen molar-refractivity contribution in [3.63, 3.8) is 0 Å². The van der Waals surface area contributed by atoms with Gasteiger partial charge in [0.05, 0.1) is 17.5 Å². The van der Waals surface area contributed by atoms with Crippen molar-refractivity contribution in [3.05, 3.63) is 35.4 Å². The topological polar surface area (TPSA) is 66.5 Å². The first-order chi connectivity index (χ1) is 12.0. The highest BCUT2D eigenvalue weighted by Crippen LogP contribution is 2.44. The summed E-state index contributed by atoms with van der Waals surface area (Å²) in [5.74, 6) is 1.29. The lowest BCUT2D eigenvalue weighted by Crippen LogP contribution is -2.41. The molecule has 5 nitrogen and oxygen atoms in total. The first kappa shape index (κ1) is 17.0. The summed E-state index contributed by atoms with van der Waals surface area (Å²) >= 11 is 0. The maximum atomic E-state index is 13.2. The summed E-state index contributed by atoms with van der Waals surface area (Å²) in [4.78, 5) is 15.3. The van der Waals surface area contributed by atoms with E-state index < -0.39 is 9.84 Å². The van der Waals surface area contributed by atoms with Gasteiger partial charge < -0.3 is 10.2 Å². The molecule has 3 atom stereocenters. The molecule has 0 radical (unpaired) electrons. The van der Waals surface area contributed by atoms with E-state index in [0.29, 0.717) is 24.7 Å². The zero-order valence-electron chi connectivity index (χ0n) is 14.6. The van der Waals surface area contributed by atoms with Crippen molar-refractivity contribution >= 4 is 15.7 Å². The Balaban J connectivity index is 1.61. The van der Waals surface area contributed by atoms with E-state index in [2.05, 4.69) is 29.3 Å². The summed E-state index contributed by atoms with van der Waals surface area (Å²) < 4.78 is 23.4. The largest absolute Gasteiger partial charge is 0.335 e. The second-order valence-electron chi connectivity index (χ2n) is 7.80. The maximum Gasteiger partial charge on any atom is 0.226 e. The lowest BCUT2D eigenvalue weighted by Gasteiger charge is -2.33. The van der Waals surface area contributed by atoms with E-state index in [-0.39, 0.29) is 29.4 Å². The van der Waals surface area contributed by atoms with Crippen LogP contribution in [0, 0.1) is 24.7 Å². The van der Waals surface area contributed by atoms with Crippen molar-refractivity contribution in [2.75, 3.05) is 31.1 Å². The van der Waals surface area contributed by atoms with Crippen LogP contribution < -0.4 is 5.32 Å². The Bertz CT molecular complexity index is 763. The average molecular weight is 362 g/mol. The van der Waals surface area contributed by atoms with E-state index in [9.17, 15) is 13.2 Å². The van der Waals surface area contributed by atoms with Gasteiger partial charge in [0.15, 0.2) is 0 Å². The minimum Gasteiger partial charge on any atom is -0.335 e. The molecule has 3 fully saturated rings. The molecule has 3 aliphatic heterocycles. The number of carbonyl (C=O) groups excluding carboxylic acids is 1. The number of rotatable bonds is 2. The molecule has 25 heavy (non-hydrogen) atoms. The Morgan fingerprint density at radius 3 is 2.60 bits per heavy atom. The van der Waals surface area contributed by atoms with Crippen LogP contribution in [0.1, 0.15) is 30.0 Å². The first-order valence-electron chi connectivity index (χ1n) is 9.23. The van der Waals surface area contributed by atoms with Crippen molar-refractivity contribution in [2.45, 2.75) is 25.8 Å². The van der Waals surface area contributed by atoms with Crippen LogP contribution in [0.5, 0.6) is 0 Å². The van der Waals surface area contributed by atoms with Gasteiger partial charge in [-0.25, -0.2) is 8.42 Å². The summed E-state index contributed by atoms with van der Waals surface area (Å²) in [5.41, 5.74) is 2.47. The van der Waals surface area contributed by atoms with Gasteiger partial charge in [-0.05, 0) is 36.8 Å². The van der Waals surface area contributed by atoms with Crippen LogP contribution in [0.25, 0.3) is 0 Å². The van der Waals surface area contributed by atoms with E-state index in [1.165, 1.54) is 11.1 Å². The number of likely N-dealkylation sites (tertiary alicyclic amines) is 1. The molecule has 0 unspecified atom stereocenters. The van der Waals surface area contributed by atoms with Gasteiger partial charge in [-0.15, -0.1) is 0 Å². The number of sulfone groups is 1. The molecule has 3 saturated heterocycles. The number of hydrogen-bond acceptors (Lipinski definition) is 4. The van der Waals surface area contributed by atoms with Gasteiger partial charge in [-0.2, -0.15) is 0 Å². The highest BCUT2D eigenvalue weighted by molar-refractivity contribution is 7.91. The Hall–Kier alpha value is -1.40. The van der Waals surface area contributed by atoms with Crippen LogP contribution >= 0.6 is 0 Å². The number of nitrogens with one attached hydrogen (secondary N) is 1. The van der Waals surface area contributed by atoms with Crippen molar-refractivity contribution in [1.29, 1.82) is 0 Å². The molecular formula is C19H26N2O3S. The first-order valence-corrected chi connectivity index (χ1v) is 11.1. The Kier molecular flexibility index (Phi) is 4.36. The van der Waals surface area contributed by atoms with Gasteiger partial charge in [0.1, 0.15) is 9.84 Å². The lowest BCUT2D eigenvalue weighted by molar-refractivity contribution is -0.137. The zero-order chi connectivity index (χ0) is 17.6. The Morgan fingerprint density at radius 1 is 1.16 bits per heavy atom. The zero-order valence-corrected chi connectivity index (χ0v) is 15.5. The third-order valence-electron chi connectivity index (χ3n) is 6.26. The molecule has 1 aromatic rings. The van der Waals surface area contributed by atoms with Crippen LogP contribution in [0.4, 0.5) is 0 Å². The second-order valence-corrected chi connectivity index (χ2v) is 10.1. The molecule has 6 heteroatoms. The normalized spacial score (nSPS) is 31.9. The average Bonchev–Trinajstić information content (AvgIpc) is 3.16. The quantitative estimate of drug-likeness (QED) is 0.867. The number of aryl methyl sites for hydroxylation is 1. The summed E-state index contributed by atoms with van der Waals surface area (Å²) in [6, 6.07) is 8.46. The summed E-state index contributed by atoms with van der Waals surface area (Å²) in [6.07, 6.45) is 0.956. The highest BCUT2D eigenvalue weighted by Gasteiger charge is 2.48. The molecule has 3 aliphatic rings. The van der Waals surface area contributed by atoms with E-state index in [0.717, 1.165) is 19.6 Å². The van der Waals surface area contributed by atoms with Crippen molar-refractivity contribution < 1.29 is 13.2 Å². The van der Waals surface area contributed by atoms with Crippen LogP contribution in [0.3, 0.4) is 0 Å². The monoisotopic (exact) mass is 362 g/mol. The van der Waals surface area contributed by atoms with Gasteiger partial charge in [-0.3, -0.25) is 4.79 Å². The van der Waals surface area contributed by atoms with Crippen molar-refractivity contribution in [1.82, 2.24) is 10.2 Å². The molecule has 136 valence electrons. The Morgan fingerprint density at radius 2 is 1.88 bits per heavy atom. The molecule has 0 bridgehead atoms. The van der Waals surface area contributed by atoms with Crippen molar-refractivity contribution in [3.8, 4) is 0 Å². The van der Waals surface area contributed by atoms with Crippen LogP contribution in [0.2, 0.25) is 0 Å². The van der Waals surface area contributed by atoms with E-state index in [1.54, 1.807) is 0 Å². The fourth-order valence-electron chi connectivity index (χ4n) is 4.84. The number of hydrogen-bond donors (Lipinski definition) is 1. The molecule has 0 spiro atoms. The van der Waals surface area contributed by atoms with Crippen LogP contribution in [0.15, 0.2) is 24.3 Å². The SMILES string of the molecule is Cc1ccccc1[C@@H]1[C@H]2CNC[C@H]2CN1C(=O)C1CCS(=O)(=O)CC1. The lowest BCUT2D eigenvalue weighted by atomic mass is 9.87. The molecule has 1 N–H and O–H groups in total. The molecule has 1 aromatic carbocycles. The second kappa shape index (κ2) is 6.40. The van der Waals surface area contributed by atoms with Crippen LogP contribution in [-0.2, 0) is 14.6 Å². The fraction of sp³-hybridized carbons (Fsp3) is 0.632. The minimum absolute atomic E-state index is 0.118. The predicted octanol–water partition coefficient (Wildman–Crippen LogP) is 1.54. The highest BCUT2D eigenvalue weighted by atomic mass is 32.2. The molecule has 3 heterocycles. The van der Waals surface area contributed by atoms with Gasteiger partial charge in [0, 0.05) is 31.5 Å². The Labute approximate surface area is 149 Å². The predicted molar refractivity (Wildman–Crippen MR) is 96.9 cm³/mol. The van der Waals surface area contributed by atoms with Gasteiger partial charge in [0.25, 0.3) is 0 Å². The third kappa shape index (κ3) is 3.10. The molecule has 0 aromatic heterocycles. The number of amides is 1. The minimum atomic E-state index is -2.94. The fourth-order valence-corrected chi connectivity index (χ4v) is 6.33. The third-order valence-corrected chi connectivity index (χ3v) is 7.97. The van der Waals surface area contributed by atoms with Gasteiger partial charge >= 0.3 is 0 Å². The van der Waals surface area contributed by atoms with E-state index in [1.807, 2.05) is 12.1 Å². The molecule has 4 rings (SSSR count). The molecule has 0 saturated carbocycles. The summed E-state index contributed by atoms with van der Waals surface area (Å²) in [7, 11) is -2.94.